The van der Waals surface area contributed by atoms with Crippen molar-refractivity contribution < 1.29 is 4.74 Å². The molecule has 0 bridgehead atoms. The van der Waals surface area contributed by atoms with E-state index in [9.17, 15) is 0 Å². The van der Waals surface area contributed by atoms with Crippen molar-refractivity contribution in [1.29, 1.82) is 0 Å². The molecule has 0 spiro atoms. The van der Waals surface area contributed by atoms with Crippen LogP contribution in [-0.2, 0) is 4.74 Å². The second-order valence-corrected chi connectivity index (χ2v) is 4.71. The van der Waals surface area contributed by atoms with Crippen LogP contribution in [0, 0.1) is 11.8 Å². The van der Waals surface area contributed by atoms with Crippen LogP contribution in [0.15, 0.2) is 30.3 Å². The number of epoxide rings is 1. The molecule has 1 saturated carbocycles. The minimum absolute atomic E-state index is 0.0770. The van der Waals surface area contributed by atoms with Crippen molar-refractivity contribution in [2.24, 2.45) is 0 Å². The van der Waals surface area contributed by atoms with E-state index >= 15 is 0 Å². The Kier molecular flexibility index (Phi) is 2.46. The van der Waals surface area contributed by atoms with E-state index < -0.39 is 0 Å². The molecule has 1 nitrogen and oxygen atoms in total. The Morgan fingerprint density at radius 3 is 2.88 bits per heavy atom. The van der Waals surface area contributed by atoms with Gasteiger partial charge in [0.2, 0.25) is 0 Å². The summed E-state index contributed by atoms with van der Waals surface area (Å²) in [4.78, 5) is 0. The lowest BCUT2D eigenvalue weighted by Crippen LogP contribution is -2.10. The third-order valence-corrected chi connectivity index (χ3v) is 3.52. The van der Waals surface area contributed by atoms with Gasteiger partial charge in [0.1, 0.15) is 0 Å². The van der Waals surface area contributed by atoms with Crippen molar-refractivity contribution in [2.75, 3.05) is 0 Å². The molecule has 1 aliphatic heterocycles. The molecular formula is C15H16O. The Hall–Kier alpha value is -1.26. The maximum atomic E-state index is 5.79. The molecule has 2 unspecified atom stereocenters. The topological polar surface area (TPSA) is 12.5 Å². The fourth-order valence-corrected chi connectivity index (χ4v) is 2.50. The third-order valence-electron chi connectivity index (χ3n) is 3.52. The molecule has 16 heavy (non-hydrogen) atoms. The van der Waals surface area contributed by atoms with E-state index in [2.05, 4.69) is 24.0 Å². The summed E-state index contributed by atoms with van der Waals surface area (Å²) in [6, 6.07) is 10.2. The molecule has 0 N–H and O–H groups in total. The maximum Gasteiger partial charge on any atom is 0.155 e. The van der Waals surface area contributed by atoms with Crippen LogP contribution >= 0.6 is 0 Å². The number of ether oxygens (including phenoxy) is 1. The van der Waals surface area contributed by atoms with Crippen LogP contribution in [0.5, 0.6) is 0 Å². The van der Waals surface area contributed by atoms with Gasteiger partial charge in [0.05, 0.1) is 6.10 Å². The van der Waals surface area contributed by atoms with Gasteiger partial charge in [-0.3, -0.25) is 0 Å². The molecule has 1 aromatic rings. The van der Waals surface area contributed by atoms with Crippen LogP contribution in [-0.4, -0.2) is 11.7 Å². The number of hydrogen-bond donors (Lipinski definition) is 0. The standard InChI is InChI=1S/C15H16O/c1-3-7-13(8-4-1)10-12-15-11-6-2-5-9-14(15)16-15/h1,3-4,7-8,14H,2,5-6,9,11H2. The fraction of sp³-hybridized carbons (Fsp3) is 0.467. The fourth-order valence-electron chi connectivity index (χ4n) is 2.50. The summed E-state index contributed by atoms with van der Waals surface area (Å²) in [6.45, 7) is 0. The number of hydrogen-bond acceptors (Lipinski definition) is 1. The molecule has 1 saturated heterocycles. The largest absolute Gasteiger partial charge is 0.352 e. The van der Waals surface area contributed by atoms with Crippen LogP contribution < -0.4 is 0 Å². The molecule has 0 radical (unpaired) electrons. The maximum absolute atomic E-state index is 5.79. The van der Waals surface area contributed by atoms with Crippen LogP contribution in [0.3, 0.4) is 0 Å². The van der Waals surface area contributed by atoms with E-state index in [1.807, 2.05) is 18.2 Å². The second-order valence-electron chi connectivity index (χ2n) is 4.71. The van der Waals surface area contributed by atoms with Gasteiger partial charge in [-0.15, -0.1) is 0 Å². The number of benzene rings is 1. The quantitative estimate of drug-likeness (QED) is 0.475. The van der Waals surface area contributed by atoms with Crippen molar-refractivity contribution >= 4 is 0 Å². The molecule has 2 aliphatic rings. The predicted octanol–water partition coefficient (Wildman–Crippen LogP) is 3.14. The molecule has 0 amide bonds. The van der Waals surface area contributed by atoms with E-state index in [-0.39, 0.29) is 5.60 Å². The zero-order chi connectivity index (χ0) is 10.8. The summed E-state index contributed by atoms with van der Waals surface area (Å²) in [5.41, 5.74) is 1.02. The van der Waals surface area contributed by atoms with Crippen molar-refractivity contribution in [1.82, 2.24) is 0 Å². The average molecular weight is 212 g/mol. The zero-order valence-corrected chi connectivity index (χ0v) is 9.41. The Morgan fingerprint density at radius 2 is 2.00 bits per heavy atom. The molecule has 2 atom stereocenters. The summed E-state index contributed by atoms with van der Waals surface area (Å²) in [5, 5.41) is 0. The van der Waals surface area contributed by atoms with Gasteiger partial charge in [-0.2, -0.15) is 0 Å². The molecule has 1 aliphatic carbocycles. The van der Waals surface area contributed by atoms with E-state index in [0.29, 0.717) is 6.10 Å². The van der Waals surface area contributed by atoms with Crippen LogP contribution in [0.25, 0.3) is 0 Å². The van der Waals surface area contributed by atoms with Gasteiger partial charge in [-0.25, -0.2) is 0 Å². The Morgan fingerprint density at radius 1 is 1.12 bits per heavy atom. The Bertz CT molecular complexity index is 426. The molecule has 1 heterocycles. The lowest BCUT2D eigenvalue weighted by atomic mass is 10.0. The monoisotopic (exact) mass is 212 g/mol. The van der Waals surface area contributed by atoms with Gasteiger partial charge in [0.25, 0.3) is 0 Å². The van der Waals surface area contributed by atoms with Gasteiger partial charge >= 0.3 is 0 Å². The molecule has 3 rings (SSSR count). The second kappa shape index (κ2) is 3.96. The highest BCUT2D eigenvalue weighted by Crippen LogP contribution is 2.45. The first kappa shape index (κ1) is 9.93. The lowest BCUT2D eigenvalue weighted by molar-refractivity contribution is 0.303. The zero-order valence-electron chi connectivity index (χ0n) is 9.41. The number of fused-ring (bicyclic) bond motifs is 1. The molecule has 0 aromatic heterocycles. The molecule has 1 aromatic carbocycles. The minimum Gasteiger partial charge on any atom is -0.352 e. The highest BCUT2D eigenvalue weighted by atomic mass is 16.6. The summed E-state index contributed by atoms with van der Waals surface area (Å²) < 4.78 is 5.79. The smallest absolute Gasteiger partial charge is 0.155 e. The first-order valence-corrected chi connectivity index (χ1v) is 6.15. The van der Waals surface area contributed by atoms with Gasteiger partial charge in [-0.1, -0.05) is 42.9 Å². The molecule has 1 heteroatoms. The van der Waals surface area contributed by atoms with E-state index in [1.54, 1.807) is 0 Å². The Labute approximate surface area is 96.8 Å². The predicted molar refractivity (Wildman–Crippen MR) is 64.0 cm³/mol. The van der Waals surface area contributed by atoms with Crippen molar-refractivity contribution in [2.45, 2.75) is 43.8 Å². The van der Waals surface area contributed by atoms with Crippen molar-refractivity contribution in [3.63, 3.8) is 0 Å². The van der Waals surface area contributed by atoms with Crippen LogP contribution in [0.2, 0.25) is 0 Å². The molecule has 82 valence electrons. The normalized spacial score (nSPS) is 31.9. The molecular weight excluding hydrogens is 196 g/mol. The van der Waals surface area contributed by atoms with Gasteiger partial charge in [0.15, 0.2) is 5.60 Å². The highest BCUT2D eigenvalue weighted by molar-refractivity contribution is 5.38. The first-order chi connectivity index (χ1) is 7.89. The van der Waals surface area contributed by atoms with Gasteiger partial charge in [0, 0.05) is 5.56 Å². The lowest BCUT2D eigenvalue weighted by Gasteiger charge is -2.00. The van der Waals surface area contributed by atoms with Gasteiger partial charge < -0.3 is 4.74 Å². The summed E-state index contributed by atoms with van der Waals surface area (Å²) >= 11 is 0. The first-order valence-electron chi connectivity index (χ1n) is 6.15. The van der Waals surface area contributed by atoms with E-state index in [1.165, 1.54) is 25.7 Å². The van der Waals surface area contributed by atoms with Crippen LogP contribution in [0.1, 0.15) is 37.7 Å². The third kappa shape index (κ3) is 1.86. The average Bonchev–Trinajstić information content (AvgIpc) is 3.02. The van der Waals surface area contributed by atoms with E-state index in [0.717, 1.165) is 12.0 Å². The summed E-state index contributed by atoms with van der Waals surface area (Å²) in [7, 11) is 0. The number of rotatable bonds is 0. The SMILES string of the molecule is C(#CC12CCCCCC1O2)c1ccccc1. The highest BCUT2D eigenvalue weighted by Gasteiger charge is 2.55. The van der Waals surface area contributed by atoms with E-state index in [4.69, 9.17) is 4.74 Å². The van der Waals surface area contributed by atoms with Crippen molar-refractivity contribution in [3.05, 3.63) is 35.9 Å². The summed E-state index contributed by atoms with van der Waals surface area (Å²) in [5.74, 6) is 6.61. The minimum atomic E-state index is -0.0770. The van der Waals surface area contributed by atoms with Gasteiger partial charge in [-0.05, 0) is 31.4 Å². The Balaban J connectivity index is 1.78. The van der Waals surface area contributed by atoms with Crippen molar-refractivity contribution in [3.8, 4) is 11.8 Å². The molecule has 2 fully saturated rings. The summed E-state index contributed by atoms with van der Waals surface area (Å²) in [6.07, 6.45) is 6.65. The van der Waals surface area contributed by atoms with Crippen LogP contribution in [0.4, 0.5) is 0 Å².